The summed E-state index contributed by atoms with van der Waals surface area (Å²) in [7, 11) is 0. The Labute approximate surface area is 126 Å². The van der Waals surface area contributed by atoms with Gasteiger partial charge >= 0.3 is 0 Å². The monoisotopic (exact) mass is 284 g/mol. The number of hydrogen-bond donors (Lipinski definition) is 1. The van der Waals surface area contributed by atoms with Gasteiger partial charge in [-0.2, -0.15) is 0 Å². The van der Waals surface area contributed by atoms with E-state index in [0.29, 0.717) is 6.04 Å². The first kappa shape index (κ1) is 14.5. The van der Waals surface area contributed by atoms with Crippen LogP contribution in [-0.4, -0.2) is 39.7 Å². The Morgan fingerprint density at radius 2 is 1.90 bits per heavy atom. The molecule has 0 spiro atoms. The van der Waals surface area contributed by atoms with Crippen LogP contribution in [0.1, 0.15) is 32.3 Å². The van der Waals surface area contributed by atoms with Crippen molar-refractivity contribution in [2.45, 2.75) is 44.8 Å². The van der Waals surface area contributed by atoms with Crippen molar-refractivity contribution in [3.05, 3.63) is 42.1 Å². The summed E-state index contributed by atoms with van der Waals surface area (Å²) in [4.78, 5) is 6.85. The number of rotatable bonds is 3. The summed E-state index contributed by atoms with van der Waals surface area (Å²) in [5.74, 6) is 0. The van der Waals surface area contributed by atoms with Crippen LogP contribution in [0.4, 0.5) is 0 Å². The summed E-state index contributed by atoms with van der Waals surface area (Å²) in [5.41, 5.74) is 1.65. The normalized spacial score (nSPS) is 19.2. The first-order valence-electron chi connectivity index (χ1n) is 7.86. The summed E-state index contributed by atoms with van der Waals surface area (Å²) < 4.78 is 0. The fraction of sp³-hybridized carbons (Fsp3) is 0.500. The first-order valence-corrected chi connectivity index (χ1v) is 7.86. The molecule has 2 aromatic rings. The molecule has 1 aromatic carbocycles. The smallest absolute Gasteiger partial charge is 0.0712 e. The van der Waals surface area contributed by atoms with Crippen molar-refractivity contribution in [1.29, 1.82) is 0 Å². The highest BCUT2D eigenvalue weighted by Crippen LogP contribution is 2.29. The Hall–Kier alpha value is -1.45. The second kappa shape index (κ2) is 5.74. The van der Waals surface area contributed by atoms with Crippen LogP contribution in [0.5, 0.6) is 0 Å². The van der Waals surface area contributed by atoms with E-state index < -0.39 is 5.60 Å². The van der Waals surface area contributed by atoms with Gasteiger partial charge in [-0.3, -0.25) is 4.98 Å². The van der Waals surface area contributed by atoms with E-state index in [2.05, 4.69) is 35.9 Å². The summed E-state index contributed by atoms with van der Waals surface area (Å²) in [5, 5.41) is 12.1. The van der Waals surface area contributed by atoms with Gasteiger partial charge in [-0.05, 0) is 44.4 Å². The molecule has 0 unspecified atom stereocenters. The van der Waals surface area contributed by atoms with E-state index in [9.17, 15) is 5.11 Å². The average molecular weight is 284 g/mol. The van der Waals surface area contributed by atoms with E-state index in [1.165, 1.54) is 10.9 Å². The van der Waals surface area contributed by atoms with Crippen molar-refractivity contribution in [1.82, 2.24) is 9.88 Å². The van der Waals surface area contributed by atoms with E-state index in [4.69, 9.17) is 0 Å². The highest BCUT2D eigenvalue weighted by Gasteiger charge is 2.33. The maximum absolute atomic E-state index is 10.9. The minimum Gasteiger partial charge on any atom is -0.389 e. The molecular formula is C18H24N2O. The van der Waals surface area contributed by atoms with Crippen LogP contribution in [-0.2, 0) is 6.42 Å². The molecule has 0 aliphatic carbocycles. The van der Waals surface area contributed by atoms with E-state index in [-0.39, 0.29) is 0 Å². The second-order valence-corrected chi connectivity index (χ2v) is 6.52. The largest absolute Gasteiger partial charge is 0.389 e. The van der Waals surface area contributed by atoms with E-state index >= 15 is 0 Å². The standard InChI is InChI=1S/C18H24N2O/c1-14(2)20-11-8-18(21,9-12-20)13-15-7-10-19-17-6-4-3-5-16(15)17/h3-7,10,14,21H,8-9,11-13H2,1-2H3. The topological polar surface area (TPSA) is 36.4 Å². The number of fused-ring (bicyclic) bond motifs is 1. The number of hydrogen-bond acceptors (Lipinski definition) is 3. The molecule has 0 atom stereocenters. The molecule has 1 N–H and O–H groups in total. The fourth-order valence-electron chi connectivity index (χ4n) is 3.30. The molecule has 3 rings (SSSR count). The SMILES string of the molecule is CC(C)N1CCC(O)(Cc2ccnc3ccccc23)CC1. The number of likely N-dealkylation sites (tertiary alicyclic amines) is 1. The van der Waals surface area contributed by atoms with Crippen molar-refractivity contribution in [3.8, 4) is 0 Å². The minimum atomic E-state index is -0.574. The van der Waals surface area contributed by atoms with Crippen LogP contribution in [0.3, 0.4) is 0 Å². The third kappa shape index (κ3) is 3.09. The summed E-state index contributed by atoms with van der Waals surface area (Å²) in [6, 6.07) is 10.8. The lowest BCUT2D eigenvalue weighted by atomic mass is 9.84. The summed E-state index contributed by atoms with van der Waals surface area (Å²) in [6.45, 7) is 6.41. The number of para-hydroxylation sites is 1. The molecular weight excluding hydrogens is 260 g/mol. The molecule has 0 amide bonds. The van der Waals surface area contributed by atoms with Crippen LogP contribution in [0.25, 0.3) is 10.9 Å². The van der Waals surface area contributed by atoms with Gasteiger partial charge in [0.05, 0.1) is 11.1 Å². The van der Waals surface area contributed by atoms with Gasteiger partial charge in [-0.1, -0.05) is 18.2 Å². The molecule has 21 heavy (non-hydrogen) atoms. The van der Waals surface area contributed by atoms with Gasteiger partial charge < -0.3 is 10.0 Å². The van der Waals surface area contributed by atoms with Crippen molar-refractivity contribution >= 4 is 10.9 Å². The lowest BCUT2D eigenvalue weighted by molar-refractivity contribution is -0.0269. The van der Waals surface area contributed by atoms with Crippen LogP contribution in [0.2, 0.25) is 0 Å². The van der Waals surface area contributed by atoms with Crippen molar-refractivity contribution in [2.24, 2.45) is 0 Å². The number of aromatic nitrogens is 1. The van der Waals surface area contributed by atoms with Gasteiger partial charge in [0.2, 0.25) is 0 Å². The van der Waals surface area contributed by atoms with Gasteiger partial charge in [-0.25, -0.2) is 0 Å². The Morgan fingerprint density at radius 3 is 2.62 bits per heavy atom. The van der Waals surface area contributed by atoms with Crippen molar-refractivity contribution < 1.29 is 5.11 Å². The zero-order chi connectivity index (χ0) is 14.9. The molecule has 1 aliphatic heterocycles. The zero-order valence-electron chi connectivity index (χ0n) is 12.9. The summed E-state index contributed by atoms with van der Waals surface area (Å²) >= 11 is 0. The highest BCUT2D eigenvalue weighted by molar-refractivity contribution is 5.81. The van der Waals surface area contributed by atoms with E-state index in [0.717, 1.165) is 37.9 Å². The molecule has 3 heteroatoms. The first-order chi connectivity index (χ1) is 10.1. The van der Waals surface area contributed by atoms with Crippen molar-refractivity contribution in [3.63, 3.8) is 0 Å². The quantitative estimate of drug-likeness (QED) is 0.941. The maximum Gasteiger partial charge on any atom is 0.0712 e. The average Bonchev–Trinajstić information content (AvgIpc) is 2.48. The van der Waals surface area contributed by atoms with Crippen molar-refractivity contribution in [2.75, 3.05) is 13.1 Å². The number of benzene rings is 1. The Bertz CT molecular complexity index is 610. The predicted octanol–water partition coefficient (Wildman–Crippen LogP) is 3.01. The molecule has 1 fully saturated rings. The molecule has 3 nitrogen and oxygen atoms in total. The Kier molecular flexibility index (Phi) is 3.96. The second-order valence-electron chi connectivity index (χ2n) is 6.52. The minimum absolute atomic E-state index is 0.566. The lowest BCUT2D eigenvalue weighted by Gasteiger charge is -2.40. The van der Waals surface area contributed by atoms with Crippen LogP contribution in [0.15, 0.2) is 36.5 Å². The fourth-order valence-corrected chi connectivity index (χ4v) is 3.30. The molecule has 0 bridgehead atoms. The van der Waals surface area contributed by atoms with Gasteiger partial charge in [0.25, 0.3) is 0 Å². The molecule has 1 aliphatic rings. The van der Waals surface area contributed by atoms with Gasteiger partial charge in [-0.15, -0.1) is 0 Å². The predicted molar refractivity (Wildman–Crippen MR) is 86.3 cm³/mol. The van der Waals surface area contributed by atoms with Gasteiger partial charge in [0.1, 0.15) is 0 Å². The van der Waals surface area contributed by atoms with Gasteiger partial charge in [0.15, 0.2) is 0 Å². The molecule has 112 valence electrons. The number of aliphatic hydroxyl groups is 1. The summed E-state index contributed by atoms with van der Waals surface area (Å²) in [6.07, 6.45) is 4.27. The van der Waals surface area contributed by atoms with E-state index in [1.807, 2.05) is 24.4 Å². The third-order valence-electron chi connectivity index (χ3n) is 4.72. The van der Waals surface area contributed by atoms with Crippen LogP contribution < -0.4 is 0 Å². The van der Waals surface area contributed by atoms with Crippen LogP contribution in [0, 0.1) is 0 Å². The third-order valence-corrected chi connectivity index (χ3v) is 4.72. The number of piperidine rings is 1. The molecule has 0 radical (unpaired) electrons. The van der Waals surface area contributed by atoms with Crippen LogP contribution >= 0.6 is 0 Å². The van der Waals surface area contributed by atoms with E-state index in [1.54, 1.807) is 0 Å². The van der Waals surface area contributed by atoms with Gasteiger partial charge in [0, 0.05) is 37.1 Å². The maximum atomic E-state index is 10.9. The Balaban J connectivity index is 1.79. The molecule has 1 saturated heterocycles. The zero-order valence-corrected chi connectivity index (χ0v) is 12.9. The molecule has 2 heterocycles. The lowest BCUT2D eigenvalue weighted by Crippen LogP contribution is -2.47. The molecule has 0 saturated carbocycles. The highest BCUT2D eigenvalue weighted by atomic mass is 16.3. The molecule has 1 aromatic heterocycles. The Morgan fingerprint density at radius 1 is 1.19 bits per heavy atom. The number of pyridine rings is 1. The number of nitrogens with zero attached hydrogens (tertiary/aromatic N) is 2.